The molecule has 7 nitrogen and oxygen atoms in total. The number of hydrogen-bond acceptors (Lipinski definition) is 7. The lowest BCUT2D eigenvalue weighted by atomic mass is 10.0. The molecule has 10 heteroatoms. The molecular formula is C26H20Cl2N4O3S. The van der Waals surface area contributed by atoms with Gasteiger partial charge in [0.2, 0.25) is 0 Å². The molecule has 1 aliphatic heterocycles. The second-order valence-corrected chi connectivity index (χ2v) is 11.4. The Morgan fingerprint density at radius 1 is 1.17 bits per heavy atom. The highest BCUT2D eigenvalue weighted by atomic mass is 35.5. The van der Waals surface area contributed by atoms with Gasteiger partial charge in [-0.05, 0) is 60.3 Å². The van der Waals surface area contributed by atoms with Crippen molar-refractivity contribution in [2.24, 2.45) is 17.8 Å². The predicted molar refractivity (Wildman–Crippen MR) is 140 cm³/mol. The first-order valence-electron chi connectivity index (χ1n) is 11.8. The summed E-state index contributed by atoms with van der Waals surface area (Å²) in [5.74, 6) is 2.02. The number of hydrogen-bond donors (Lipinski definition) is 1. The Balaban J connectivity index is 1.10. The van der Waals surface area contributed by atoms with Crippen molar-refractivity contribution in [1.82, 2.24) is 14.5 Å². The number of pyridine rings is 1. The van der Waals surface area contributed by atoms with Gasteiger partial charge >= 0.3 is 5.97 Å². The Morgan fingerprint density at radius 3 is 2.61 bits per heavy atom. The average Bonchev–Trinajstić information content (AvgIpc) is 3.62. The summed E-state index contributed by atoms with van der Waals surface area (Å²) in [6, 6.07) is 5.94. The van der Waals surface area contributed by atoms with Gasteiger partial charge in [0.05, 0.1) is 14.7 Å². The summed E-state index contributed by atoms with van der Waals surface area (Å²) in [4.78, 5) is 17.8. The number of rotatable bonds is 6. The van der Waals surface area contributed by atoms with Crippen LogP contribution in [0.15, 0.2) is 41.2 Å². The van der Waals surface area contributed by atoms with Gasteiger partial charge in [0.15, 0.2) is 5.69 Å². The van der Waals surface area contributed by atoms with E-state index in [1.807, 2.05) is 12.1 Å². The highest BCUT2D eigenvalue weighted by molar-refractivity contribution is 7.13. The van der Waals surface area contributed by atoms with Crippen LogP contribution in [-0.4, -0.2) is 38.7 Å². The summed E-state index contributed by atoms with van der Waals surface area (Å²) in [7, 11) is 0. The van der Waals surface area contributed by atoms with Crippen molar-refractivity contribution in [3.63, 3.8) is 0 Å². The van der Waals surface area contributed by atoms with Crippen LogP contribution in [0.4, 0.5) is 5.69 Å². The standard InChI is InChI=1S/C26H20Cl2N4O3S/c27-19-8-29-9-20(28)22(19)23-16(25(35-30-23)12-1-2-12)6-5-14-17-10-32(11-18(14)17)13-3-4-15-21(7-13)36-31-24(15)26(33)34/h3-9,12,14,17-18H,1-2,10-11H2,(H,33,34)/b6-5+. The number of carbonyl (C=O) groups is 1. The molecule has 3 aliphatic rings. The Hall–Kier alpha value is -2.94. The van der Waals surface area contributed by atoms with Gasteiger partial charge in [-0.3, -0.25) is 4.98 Å². The minimum atomic E-state index is -0.986. The maximum atomic E-state index is 11.3. The molecule has 4 aromatic rings. The number of anilines is 1. The van der Waals surface area contributed by atoms with Gasteiger partial charge in [-0.25, -0.2) is 4.79 Å². The Morgan fingerprint density at radius 2 is 1.92 bits per heavy atom. The maximum Gasteiger partial charge on any atom is 0.356 e. The van der Waals surface area contributed by atoms with E-state index in [2.05, 4.69) is 37.6 Å². The zero-order chi connectivity index (χ0) is 24.6. The van der Waals surface area contributed by atoms with Crippen LogP contribution in [-0.2, 0) is 0 Å². The van der Waals surface area contributed by atoms with Crippen molar-refractivity contribution in [1.29, 1.82) is 0 Å². The van der Waals surface area contributed by atoms with Crippen LogP contribution in [0.2, 0.25) is 10.0 Å². The molecule has 3 aromatic heterocycles. The van der Waals surface area contributed by atoms with E-state index < -0.39 is 5.97 Å². The number of carboxylic acid groups (broad SMARTS) is 1. The molecule has 4 heterocycles. The second-order valence-electron chi connectivity index (χ2n) is 9.75. The molecule has 2 unspecified atom stereocenters. The van der Waals surface area contributed by atoms with Crippen LogP contribution in [0, 0.1) is 17.8 Å². The van der Waals surface area contributed by atoms with Gasteiger partial charge in [0, 0.05) is 53.6 Å². The summed E-state index contributed by atoms with van der Waals surface area (Å²) in [5, 5.41) is 15.3. The topological polar surface area (TPSA) is 92.3 Å². The quantitative estimate of drug-likeness (QED) is 0.294. The molecule has 2 aliphatic carbocycles. The van der Waals surface area contributed by atoms with Crippen LogP contribution in [0.1, 0.15) is 40.6 Å². The fourth-order valence-corrected chi connectivity index (χ4v) is 6.83. The minimum Gasteiger partial charge on any atom is -0.476 e. The van der Waals surface area contributed by atoms with E-state index in [1.165, 1.54) is 11.5 Å². The zero-order valence-corrected chi connectivity index (χ0v) is 21.2. The molecule has 0 spiro atoms. The van der Waals surface area contributed by atoms with Crippen molar-refractivity contribution in [3.05, 3.63) is 63.7 Å². The van der Waals surface area contributed by atoms with Crippen LogP contribution < -0.4 is 4.90 Å². The van der Waals surface area contributed by atoms with Gasteiger partial charge in [-0.1, -0.05) is 40.5 Å². The van der Waals surface area contributed by atoms with Crippen molar-refractivity contribution < 1.29 is 14.4 Å². The molecule has 1 aromatic carbocycles. The van der Waals surface area contributed by atoms with Crippen molar-refractivity contribution >= 4 is 62.6 Å². The molecule has 3 fully saturated rings. The average molecular weight is 539 g/mol. The van der Waals surface area contributed by atoms with Crippen molar-refractivity contribution in [3.8, 4) is 11.3 Å². The predicted octanol–water partition coefficient (Wildman–Crippen LogP) is 6.62. The fraction of sp³-hybridized carbons (Fsp3) is 0.308. The summed E-state index contributed by atoms with van der Waals surface area (Å²) in [6.45, 7) is 1.95. The van der Waals surface area contributed by atoms with Crippen LogP contribution in [0.25, 0.3) is 27.4 Å². The van der Waals surface area contributed by atoms with E-state index in [1.54, 1.807) is 12.4 Å². The number of piperidine rings is 1. The Bertz CT molecular complexity index is 1530. The third-order valence-corrected chi connectivity index (χ3v) is 8.94. The van der Waals surface area contributed by atoms with E-state index in [4.69, 9.17) is 27.7 Å². The smallest absolute Gasteiger partial charge is 0.356 e. The summed E-state index contributed by atoms with van der Waals surface area (Å²) < 4.78 is 10.8. The third-order valence-electron chi connectivity index (χ3n) is 7.56. The molecular weight excluding hydrogens is 519 g/mol. The largest absolute Gasteiger partial charge is 0.476 e. The minimum absolute atomic E-state index is 0.129. The lowest BCUT2D eigenvalue weighted by molar-refractivity contribution is 0.0694. The SMILES string of the molecule is O=C(O)c1nsc2cc(N3CC4C(/C=C/c5c(-c6c(Cl)cncc6Cl)noc5C5CC5)C4C3)ccc12. The lowest BCUT2D eigenvalue weighted by Gasteiger charge is -2.21. The number of carboxylic acids is 1. The highest BCUT2D eigenvalue weighted by Gasteiger charge is 2.54. The van der Waals surface area contributed by atoms with E-state index >= 15 is 0 Å². The normalized spacial score (nSPS) is 23.1. The monoisotopic (exact) mass is 538 g/mol. The van der Waals surface area contributed by atoms with Gasteiger partial charge in [-0.2, -0.15) is 4.37 Å². The molecule has 2 atom stereocenters. The first-order chi connectivity index (χ1) is 17.5. The molecule has 182 valence electrons. The van der Waals surface area contributed by atoms with Gasteiger partial charge in [0.1, 0.15) is 11.5 Å². The maximum absolute atomic E-state index is 11.3. The Labute approximate surface area is 220 Å². The van der Waals surface area contributed by atoms with Crippen molar-refractivity contribution in [2.75, 3.05) is 18.0 Å². The Kier molecular flexibility index (Phi) is 5.13. The van der Waals surface area contributed by atoms with E-state index in [-0.39, 0.29) is 5.69 Å². The van der Waals surface area contributed by atoms with Crippen LogP contribution in [0.3, 0.4) is 0 Å². The number of aromatic nitrogens is 3. The molecule has 1 saturated heterocycles. The van der Waals surface area contributed by atoms with Gasteiger partial charge < -0.3 is 14.5 Å². The van der Waals surface area contributed by atoms with Crippen molar-refractivity contribution in [2.45, 2.75) is 18.8 Å². The van der Waals surface area contributed by atoms with Gasteiger partial charge in [0.25, 0.3) is 0 Å². The van der Waals surface area contributed by atoms with E-state index in [0.717, 1.165) is 47.6 Å². The number of fused-ring (bicyclic) bond motifs is 2. The summed E-state index contributed by atoms with van der Waals surface area (Å²) in [6.07, 6.45) is 9.81. The first-order valence-corrected chi connectivity index (χ1v) is 13.4. The molecule has 0 radical (unpaired) electrons. The van der Waals surface area contributed by atoms with E-state index in [9.17, 15) is 9.90 Å². The first kappa shape index (κ1) is 22.3. The van der Waals surface area contributed by atoms with Crippen LogP contribution in [0.5, 0.6) is 0 Å². The van der Waals surface area contributed by atoms with Crippen LogP contribution >= 0.6 is 34.7 Å². The van der Waals surface area contributed by atoms with E-state index in [0.29, 0.717) is 50.4 Å². The number of benzene rings is 1. The summed E-state index contributed by atoms with van der Waals surface area (Å²) >= 11 is 14.1. The lowest BCUT2D eigenvalue weighted by Crippen LogP contribution is -2.23. The highest BCUT2D eigenvalue weighted by Crippen LogP contribution is 2.54. The number of aromatic carboxylic acids is 1. The zero-order valence-electron chi connectivity index (χ0n) is 18.9. The number of nitrogens with zero attached hydrogens (tertiary/aromatic N) is 4. The molecule has 1 N–H and O–H groups in total. The number of halogens is 2. The molecule has 0 amide bonds. The van der Waals surface area contributed by atoms with Gasteiger partial charge in [-0.15, -0.1) is 0 Å². The fourth-order valence-electron chi connectivity index (χ4n) is 5.48. The molecule has 0 bridgehead atoms. The molecule has 36 heavy (non-hydrogen) atoms. The number of allylic oxidation sites excluding steroid dienone is 1. The molecule has 2 saturated carbocycles. The third kappa shape index (κ3) is 3.62. The second kappa shape index (κ2) is 8.30. The molecule has 7 rings (SSSR count). The summed E-state index contributed by atoms with van der Waals surface area (Å²) in [5.41, 5.74) is 3.56.